The Morgan fingerprint density at radius 1 is 0.679 bits per heavy atom. The Bertz CT molecular complexity index is 890. The van der Waals surface area contributed by atoms with Gasteiger partial charge in [0.05, 0.1) is 0 Å². The van der Waals surface area contributed by atoms with Crippen LogP contribution in [0.3, 0.4) is 0 Å². The maximum absolute atomic E-state index is 12.2. The number of para-hydroxylation sites is 1. The number of amides is 1. The molecule has 0 aliphatic heterocycles. The first-order chi connectivity index (χ1) is 13.7. The summed E-state index contributed by atoms with van der Waals surface area (Å²) in [5.74, 6) is 1.44. The van der Waals surface area contributed by atoms with Crippen LogP contribution in [0.2, 0.25) is 0 Å². The molecule has 3 rings (SSSR count). The highest BCUT2D eigenvalue weighted by Gasteiger charge is 2.08. The molecule has 0 heterocycles. The van der Waals surface area contributed by atoms with Crippen LogP contribution < -0.4 is 10.1 Å². The number of carbonyl (C=O) groups excluding carboxylic acids is 2. The molecule has 0 bridgehead atoms. The lowest BCUT2D eigenvalue weighted by Crippen LogP contribution is -2.23. The largest absolute Gasteiger partial charge is 0.457 e. The van der Waals surface area contributed by atoms with E-state index in [-0.39, 0.29) is 24.5 Å². The number of benzene rings is 3. The summed E-state index contributed by atoms with van der Waals surface area (Å²) in [4.78, 5) is 24.1. The third kappa shape index (κ3) is 6.40. The zero-order valence-corrected chi connectivity index (χ0v) is 15.6. The van der Waals surface area contributed by atoms with Crippen molar-refractivity contribution in [3.05, 3.63) is 96.1 Å². The van der Waals surface area contributed by atoms with Gasteiger partial charge in [0, 0.05) is 25.8 Å². The zero-order chi connectivity index (χ0) is 19.6. The second-order valence-electron chi connectivity index (χ2n) is 6.54. The maximum Gasteiger partial charge on any atom is 0.220 e. The van der Waals surface area contributed by atoms with Gasteiger partial charge in [0.25, 0.3) is 0 Å². The van der Waals surface area contributed by atoms with Gasteiger partial charge in [-0.2, -0.15) is 0 Å². The van der Waals surface area contributed by atoms with Crippen LogP contribution in [0.15, 0.2) is 84.9 Å². The molecule has 0 saturated heterocycles. The lowest BCUT2D eigenvalue weighted by atomic mass is 10.1. The highest BCUT2D eigenvalue weighted by molar-refractivity contribution is 5.86. The van der Waals surface area contributed by atoms with E-state index in [2.05, 4.69) is 5.32 Å². The minimum absolute atomic E-state index is 0.0478. The highest BCUT2D eigenvalue weighted by Crippen LogP contribution is 2.21. The first-order valence-electron chi connectivity index (χ1n) is 9.33. The van der Waals surface area contributed by atoms with Crippen molar-refractivity contribution in [3.63, 3.8) is 0 Å². The molecule has 0 atom stereocenters. The molecule has 142 valence electrons. The number of nitrogens with one attached hydrogen (secondary N) is 1. The van der Waals surface area contributed by atoms with Crippen LogP contribution >= 0.6 is 0 Å². The molecule has 1 N–H and O–H groups in total. The van der Waals surface area contributed by atoms with Crippen LogP contribution in [0.5, 0.6) is 11.5 Å². The van der Waals surface area contributed by atoms with E-state index >= 15 is 0 Å². The van der Waals surface area contributed by atoms with Gasteiger partial charge in [0.1, 0.15) is 17.3 Å². The van der Waals surface area contributed by atoms with Gasteiger partial charge in [-0.05, 0) is 35.4 Å². The van der Waals surface area contributed by atoms with E-state index in [1.165, 1.54) is 0 Å². The topological polar surface area (TPSA) is 55.4 Å². The number of carbonyl (C=O) groups is 2. The maximum atomic E-state index is 12.2. The smallest absolute Gasteiger partial charge is 0.220 e. The average molecular weight is 373 g/mol. The SMILES string of the molecule is O=C(CCC(=O)NCc1ccccc1)Cc1ccc(Oc2ccccc2)cc1. The highest BCUT2D eigenvalue weighted by atomic mass is 16.5. The van der Waals surface area contributed by atoms with Gasteiger partial charge in [0.2, 0.25) is 5.91 Å². The molecule has 0 aliphatic carbocycles. The van der Waals surface area contributed by atoms with Gasteiger partial charge < -0.3 is 10.1 Å². The number of ether oxygens (including phenoxy) is 1. The van der Waals surface area contributed by atoms with E-state index in [1.807, 2.05) is 84.9 Å². The molecular weight excluding hydrogens is 350 g/mol. The molecule has 0 radical (unpaired) electrons. The molecule has 28 heavy (non-hydrogen) atoms. The summed E-state index contributed by atoms with van der Waals surface area (Å²) in [7, 11) is 0. The molecular formula is C24H23NO3. The van der Waals surface area contributed by atoms with Crippen LogP contribution in [0.1, 0.15) is 24.0 Å². The summed E-state index contributed by atoms with van der Waals surface area (Å²) in [6, 6.07) is 26.7. The summed E-state index contributed by atoms with van der Waals surface area (Å²) in [5.41, 5.74) is 1.95. The van der Waals surface area contributed by atoms with E-state index in [1.54, 1.807) is 0 Å². The van der Waals surface area contributed by atoms with Gasteiger partial charge in [0.15, 0.2) is 0 Å². The number of hydrogen-bond acceptors (Lipinski definition) is 3. The van der Waals surface area contributed by atoms with Gasteiger partial charge in [-0.3, -0.25) is 9.59 Å². The monoisotopic (exact) mass is 373 g/mol. The van der Waals surface area contributed by atoms with Gasteiger partial charge >= 0.3 is 0 Å². The lowest BCUT2D eigenvalue weighted by molar-refractivity contribution is -0.125. The van der Waals surface area contributed by atoms with Crippen molar-refractivity contribution < 1.29 is 14.3 Å². The first-order valence-corrected chi connectivity index (χ1v) is 9.33. The fraction of sp³-hybridized carbons (Fsp3) is 0.167. The van der Waals surface area contributed by atoms with Crippen LogP contribution in [0.4, 0.5) is 0 Å². The first kappa shape index (κ1) is 19.4. The molecule has 0 fully saturated rings. The third-order valence-corrected chi connectivity index (χ3v) is 4.27. The van der Waals surface area contributed by atoms with Crippen molar-refractivity contribution in [1.82, 2.24) is 5.32 Å². The number of rotatable bonds is 9. The van der Waals surface area contributed by atoms with Crippen molar-refractivity contribution in [2.45, 2.75) is 25.8 Å². The Labute approximate surface area is 165 Å². The van der Waals surface area contributed by atoms with Crippen LogP contribution in [0, 0.1) is 0 Å². The van der Waals surface area contributed by atoms with E-state index < -0.39 is 0 Å². The molecule has 0 saturated carbocycles. The number of Topliss-reactive ketones (excluding diaryl/α,β-unsaturated/α-hetero) is 1. The van der Waals surface area contributed by atoms with Crippen molar-refractivity contribution in [2.24, 2.45) is 0 Å². The summed E-state index contributed by atoms with van der Waals surface area (Å²) in [6.07, 6.45) is 0.765. The van der Waals surface area contributed by atoms with Crippen molar-refractivity contribution in [3.8, 4) is 11.5 Å². The normalized spacial score (nSPS) is 10.3. The van der Waals surface area contributed by atoms with Gasteiger partial charge in [-0.1, -0.05) is 60.7 Å². The van der Waals surface area contributed by atoms with E-state index in [0.717, 1.165) is 22.6 Å². The van der Waals surface area contributed by atoms with Crippen molar-refractivity contribution in [1.29, 1.82) is 0 Å². The fourth-order valence-electron chi connectivity index (χ4n) is 2.75. The molecule has 0 aliphatic rings. The fourth-order valence-corrected chi connectivity index (χ4v) is 2.75. The van der Waals surface area contributed by atoms with Crippen molar-refractivity contribution >= 4 is 11.7 Å². The molecule has 4 heteroatoms. The minimum atomic E-state index is -0.108. The Morgan fingerprint density at radius 3 is 1.96 bits per heavy atom. The van der Waals surface area contributed by atoms with Crippen LogP contribution in [0.25, 0.3) is 0 Å². The summed E-state index contributed by atoms with van der Waals surface area (Å²) in [5, 5.41) is 2.84. The molecule has 0 spiro atoms. The summed E-state index contributed by atoms with van der Waals surface area (Å²) < 4.78 is 5.74. The second kappa shape index (κ2) is 10.1. The molecule has 3 aromatic rings. The predicted octanol–water partition coefficient (Wildman–Crippen LogP) is 4.69. The summed E-state index contributed by atoms with van der Waals surface area (Å²) >= 11 is 0. The van der Waals surface area contributed by atoms with Crippen LogP contribution in [-0.2, 0) is 22.6 Å². The molecule has 4 nitrogen and oxygen atoms in total. The molecule has 0 aromatic heterocycles. The van der Waals surface area contributed by atoms with E-state index in [9.17, 15) is 9.59 Å². The van der Waals surface area contributed by atoms with Gasteiger partial charge in [-0.25, -0.2) is 0 Å². The average Bonchev–Trinajstić information content (AvgIpc) is 2.74. The zero-order valence-electron chi connectivity index (χ0n) is 15.6. The summed E-state index contributed by atoms with van der Waals surface area (Å²) in [6.45, 7) is 0.483. The third-order valence-electron chi connectivity index (χ3n) is 4.27. The minimum Gasteiger partial charge on any atom is -0.457 e. The van der Waals surface area contributed by atoms with Gasteiger partial charge in [-0.15, -0.1) is 0 Å². The van der Waals surface area contributed by atoms with Crippen LogP contribution in [-0.4, -0.2) is 11.7 Å². The second-order valence-corrected chi connectivity index (χ2v) is 6.54. The molecule has 3 aromatic carbocycles. The van der Waals surface area contributed by atoms with E-state index in [4.69, 9.17) is 4.74 Å². The Hall–Kier alpha value is -3.40. The van der Waals surface area contributed by atoms with E-state index in [0.29, 0.717) is 13.0 Å². The quantitative estimate of drug-likeness (QED) is 0.592. The Morgan fingerprint density at radius 2 is 1.29 bits per heavy atom. The molecule has 0 unspecified atom stereocenters. The Balaban J connectivity index is 1.40. The predicted molar refractivity (Wildman–Crippen MR) is 109 cm³/mol. The van der Waals surface area contributed by atoms with Crippen molar-refractivity contribution in [2.75, 3.05) is 0 Å². The molecule has 1 amide bonds. The number of ketones is 1. The lowest BCUT2D eigenvalue weighted by Gasteiger charge is -2.07. The standard InChI is InChI=1S/C24H23NO3/c26-21(13-16-24(27)25-18-20-7-3-1-4-8-20)17-19-11-14-23(15-12-19)28-22-9-5-2-6-10-22/h1-12,14-15H,13,16-18H2,(H,25,27). The number of hydrogen-bond donors (Lipinski definition) is 1. The Kier molecular flexibility index (Phi) is 6.96.